The predicted molar refractivity (Wildman–Crippen MR) is 133 cm³/mol. The van der Waals surface area contributed by atoms with E-state index in [9.17, 15) is 9.59 Å². The minimum Gasteiger partial charge on any atom is -0.443 e. The molecule has 33 heavy (non-hydrogen) atoms. The van der Waals surface area contributed by atoms with Gasteiger partial charge in [-0.15, -0.1) is 0 Å². The molecule has 0 unspecified atom stereocenters. The maximum Gasteiger partial charge on any atom is 0.415 e. The van der Waals surface area contributed by atoms with Crippen LogP contribution in [0.4, 0.5) is 16.2 Å². The number of nitrogens with zero attached hydrogens (tertiary/aromatic N) is 2. The van der Waals surface area contributed by atoms with Gasteiger partial charge in [0.2, 0.25) is 0 Å². The molecule has 1 saturated heterocycles. The number of pyridine rings is 1. The molecule has 174 valence electrons. The zero-order valence-electron chi connectivity index (χ0n) is 18.9. The molecular weight excluding hydrogens is 486 g/mol. The van der Waals surface area contributed by atoms with E-state index >= 15 is 0 Å². The molecule has 1 aliphatic rings. The lowest BCUT2D eigenvalue weighted by Gasteiger charge is -2.36. The lowest BCUT2D eigenvalue weighted by Crippen LogP contribution is -2.50. The number of ether oxygens (including phenoxy) is 1. The maximum absolute atomic E-state index is 13.5. The zero-order valence-corrected chi connectivity index (χ0v) is 20.5. The summed E-state index contributed by atoms with van der Waals surface area (Å²) in [6.45, 7) is 7.10. The van der Waals surface area contributed by atoms with Gasteiger partial charge in [-0.1, -0.05) is 18.2 Å². The summed E-state index contributed by atoms with van der Waals surface area (Å²) < 4.78 is 6.44. The Labute approximate surface area is 201 Å². The van der Waals surface area contributed by atoms with Crippen molar-refractivity contribution >= 4 is 50.3 Å². The van der Waals surface area contributed by atoms with Crippen LogP contribution in [0, 0.1) is 0 Å². The monoisotopic (exact) mass is 513 g/mol. The number of H-pyrrole nitrogens is 1. The molecule has 3 N–H and O–H groups in total. The van der Waals surface area contributed by atoms with Crippen LogP contribution in [-0.2, 0) is 4.74 Å². The van der Waals surface area contributed by atoms with E-state index in [-0.39, 0.29) is 11.9 Å². The number of hydrogen-bond acceptors (Lipinski definition) is 5. The van der Waals surface area contributed by atoms with E-state index < -0.39 is 11.7 Å². The Morgan fingerprint density at radius 2 is 2.00 bits per heavy atom. The van der Waals surface area contributed by atoms with Crippen LogP contribution < -0.4 is 15.5 Å². The number of aromatic amines is 1. The van der Waals surface area contributed by atoms with E-state index in [4.69, 9.17) is 4.74 Å². The van der Waals surface area contributed by atoms with Gasteiger partial charge in [-0.05, 0) is 68.2 Å². The number of carbonyl (C=O) groups is 2. The lowest BCUT2D eigenvalue weighted by molar-refractivity contribution is 0.0560. The fraction of sp³-hybridized carbons (Fsp3) is 0.375. The Bertz CT molecular complexity index is 1150. The SMILES string of the molecule is CC(C)(C)OC(=O)N(c1c(Br)cnc2[nH]cc(NC(=O)c3ccccc3)c12)[C@@H]1CCCNC1. The number of anilines is 2. The number of hydrogen-bond donors (Lipinski definition) is 3. The average Bonchev–Trinajstić information content (AvgIpc) is 3.18. The number of amides is 2. The standard InChI is InChI=1S/C24H28BrN5O3/c1-24(2,3)33-23(32)30(16-10-7-11-26-12-16)20-17(25)13-27-21-19(20)18(14-28-21)29-22(31)15-8-5-4-6-9-15/h4-6,8-9,13-14,16,26H,7,10-12H2,1-3H3,(H,27,28)(H,29,31)/t16-/m1/s1. The molecule has 1 fully saturated rings. The largest absolute Gasteiger partial charge is 0.443 e. The van der Waals surface area contributed by atoms with E-state index in [0.717, 1.165) is 19.4 Å². The first-order valence-corrected chi connectivity index (χ1v) is 11.8. The Morgan fingerprint density at radius 3 is 2.67 bits per heavy atom. The number of fused-ring (bicyclic) bond motifs is 1. The highest BCUT2D eigenvalue weighted by Crippen LogP contribution is 2.40. The number of nitrogens with one attached hydrogen (secondary N) is 3. The molecule has 0 aliphatic carbocycles. The van der Waals surface area contributed by atoms with Gasteiger partial charge in [0.25, 0.3) is 5.91 Å². The molecule has 9 heteroatoms. The van der Waals surface area contributed by atoms with Crippen LogP contribution in [0.5, 0.6) is 0 Å². The fourth-order valence-electron chi connectivity index (χ4n) is 3.96. The molecule has 0 radical (unpaired) electrons. The van der Waals surface area contributed by atoms with Gasteiger partial charge in [-0.3, -0.25) is 9.69 Å². The minimum atomic E-state index is -0.654. The van der Waals surface area contributed by atoms with Gasteiger partial charge >= 0.3 is 6.09 Å². The summed E-state index contributed by atoms with van der Waals surface area (Å²) in [6.07, 6.45) is 4.69. The predicted octanol–water partition coefficient (Wildman–Crippen LogP) is 5.07. The minimum absolute atomic E-state index is 0.108. The van der Waals surface area contributed by atoms with Crippen LogP contribution >= 0.6 is 15.9 Å². The van der Waals surface area contributed by atoms with Crippen molar-refractivity contribution in [1.82, 2.24) is 15.3 Å². The molecule has 8 nitrogen and oxygen atoms in total. The van der Waals surface area contributed by atoms with Crippen molar-refractivity contribution in [3.8, 4) is 0 Å². The van der Waals surface area contributed by atoms with E-state index in [1.54, 1.807) is 29.4 Å². The summed E-state index contributed by atoms with van der Waals surface area (Å²) >= 11 is 3.60. The van der Waals surface area contributed by atoms with Gasteiger partial charge in [0.15, 0.2) is 0 Å². The van der Waals surface area contributed by atoms with E-state index in [0.29, 0.717) is 39.0 Å². The molecule has 1 atom stereocenters. The summed E-state index contributed by atoms with van der Waals surface area (Å²) in [7, 11) is 0. The second kappa shape index (κ2) is 9.52. The maximum atomic E-state index is 13.5. The molecule has 2 aromatic heterocycles. The van der Waals surface area contributed by atoms with Crippen molar-refractivity contribution in [3.63, 3.8) is 0 Å². The molecule has 3 heterocycles. The van der Waals surface area contributed by atoms with Crippen molar-refractivity contribution in [2.75, 3.05) is 23.3 Å². The summed E-state index contributed by atoms with van der Waals surface area (Å²) in [5.41, 5.74) is 1.61. The highest BCUT2D eigenvalue weighted by molar-refractivity contribution is 9.10. The fourth-order valence-corrected chi connectivity index (χ4v) is 4.45. The summed E-state index contributed by atoms with van der Waals surface area (Å²) in [4.78, 5) is 35.6. The van der Waals surface area contributed by atoms with Crippen LogP contribution in [0.25, 0.3) is 11.0 Å². The van der Waals surface area contributed by atoms with Crippen LogP contribution in [0.2, 0.25) is 0 Å². The van der Waals surface area contributed by atoms with Crippen molar-refractivity contribution in [2.24, 2.45) is 0 Å². The van der Waals surface area contributed by atoms with E-state index in [2.05, 4.69) is 36.5 Å². The first kappa shape index (κ1) is 23.3. The number of aromatic nitrogens is 2. The lowest BCUT2D eigenvalue weighted by atomic mass is 10.0. The molecule has 2 amide bonds. The number of benzene rings is 1. The number of piperidine rings is 1. The molecular formula is C24H28BrN5O3. The average molecular weight is 514 g/mol. The molecule has 4 rings (SSSR count). The number of halogens is 1. The highest BCUT2D eigenvalue weighted by atomic mass is 79.9. The van der Waals surface area contributed by atoms with Gasteiger partial charge in [0.1, 0.15) is 11.2 Å². The van der Waals surface area contributed by atoms with Crippen LogP contribution in [0.15, 0.2) is 47.2 Å². The van der Waals surface area contributed by atoms with Crippen molar-refractivity contribution in [2.45, 2.75) is 45.3 Å². The van der Waals surface area contributed by atoms with Crippen molar-refractivity contribution in [3.05, 3.63) is 52.8 Å². The zero-order chi connectivity index (χ0) is 23.6. The van der Waals surface area contributed by atoms with Crippen LogP contribution in [-0.4, -0.2) is 46.7 Å². The van der Waals surface area contributed by atoms with Crippen LogP contribution in [0.3, 0.4) is 0 Å². The van der Waals surface area contributed by atoms with Gasteiger partial charge in [-0.25, -0.2) is 9.78 Å². The third kappa shape index (κ3) is 5.20. The smallest absolute Gasteiger partial charge is 0.415 e. The van der Waals surface area contributed by atoms with E-state index in [1.807, 2.05) is 39.0 Å². The second-order valence-electron chi connectivity index (χ2n) is 9.05. The van der Waals surface area contributed by atoms with Gasteiger partial charge in [0, 0.05) is 24.5 Å². The third-order valence-electron chi connectivity index (χ3n) is 5.38. The van der Waals surface area contributed by atoms with E-state index in [1.165, 1.54) is 0 Å². The molecule has 0 bridgehead atoms. The Balaban J connectivity index is 1.80. The molecule has 3 aromatic rings. The van der Waals surface area contributed by atoms with Crippen molar-refractivity contribution < 1.29 is 14.3 Å². The molecule has 1 aromatic carbocycles. The molecule has 0 saturated carbocycles. The summed E-state index contributed by atoms with van der Waals surface area (Å²) in [5, 5.41) is 6.99. The summed E-state index contributed by atoms with van der Waals surface area (Å²) in [5.74, 6) is -0.245. The Hall–Kier alpha value is -2.91. The first-order chi connectivity index (χ1) is 15.7. The highest BCUT2D eigenvalue weighted by Gasteiger charge is 2.34. The third-order valence-corrected chi connectivity index (χ3v) is 5.96. The van der Waals surface area contributed by atoms with Gasteiger partial charge in [-0.2, -0.15) is 0 Å². The van der Waals surface area contributed by atoms with Crippen molar-refractivity contribution in [1.29, 1.82) is 0 Å². The number of carbonyl (C=O) groups excluding carboxylic acids is 2. The van der Waals surface area contributed by atoms with Gasteiger partial charge < -0.3 is 20.4 Å². The van der Waals surface area contributed by atoms with Crippen LogP contribution in [0.1, 0.15) is 44.0 Å². The Morgan fingerprint density at radius 1 is 1.24 bits per heavy atom. The summed E-state index contributed by atoms with van der Waals surface area (Å²) in [6, 6.07) is 8.88. The quantitative estimate of drug-likeness (QED) is 0.452. The number of rotatable bonds is 4. The topological polar surface area (TPSA) is 99.3 Å². The van der Waals surface area contributed by atoms with Gasteiger partial charge in [0.05, 0.1) is 27.3 Å². The normalized spacial score (nSPS) is 16.4. The second-order valence-corrected chi connectivity index (χ2v) is 9.91. The first-order valence-electron chi connectivity index (χ1n) is 11.0. The molecule has 1 aliphatic heterocycles. The Kier molecular flexibility index (Phi) is 6.71. The molecule has 0 spiro atoms.